The van der Waals surface area contributed by atoms with Gasteiger partial charge in [-0.15, -0.1) is 0 Å². The number of nitrogens with one attached hydrogen (secondary N) is 1. The number of hydrogen-bond acceptors (Lipinski definition) is 3. The van der Waals surface area contributed by atoms with E-state index in [-0.39, 0.29) is 0 Å². The summed E-state index contributed by atoms with van der Waals surface area (Å²) in [5, 5.41) is 15.0. The van der Waals surface area contributed by atoms with E-state index in [0.717, 1.165) is 10.8 Å². The first-order chi connectivity index (χ1) is 8.24. The van der Waals surface area contributed by atoms with Crippen LogP contribution >= 0.6 is 0 Å². The number of aliphatic hydroxyl groups excluding tert-OH is 1. The first kappa shape index (κ1) is 11.3. The van der Waals surface area contributed by atoms with Gasteiger partial charge in [0.1, 0.15) is 0 Å². The summed E-state index contributed by atoms with van der Waals surface area (Å²) in [6.45, 7) is 3.15. The molecule has 0 saturated heterocycles. The molecule has 0 aliphatic heterocycles. The Bertz CT molecular complexity index is 561. The molecule has 4 nitrogen and oxygen atoms in total. The average Bonchev–Trinajstić information content (AvgIpc) is 2.37. The summed E-state index contributed by atoms with van der Waals surface area (Å²) in [7, 11) is 0. The Morgan fingerprint density at radius 2 is 1.94 bits per heavy atom. The van der Waals surface area contributed by atoms with Gasteiger partial charge in [-0.3, -0.25) is 4.79 Å². The van der Waals surface area contributed by atoms with Crippen LogP contribution in [0.2, 0.25) is 0 Å². The van der Waals surface area contributed by atoms with E-state index in [1.807, 2.05) is 30.3 Å². The normalized spacial score (nSPS) is 12.1. The van der Waals surface area contributed by atoms with Crippen molar-refractivity contribution in [3.8, 4) is 0 Å². The Morgan fingerprint density at radius 3 is 2.71 bits per heavy atom. The lowest BCUT2D eigenvalue weighted by Gasteiger charge is -2.11. The molecule has 0 bridgehead atoms. The molecule has 2 rings (SSSR count). The maximum Gasteiger partial charge on any atom is 0.273 e. The Balaban J connectivity index is 2.48. The Morgan fingerprint density at radius 1 is 1.24 bits per heavy atom. The van der Waals surface area contributed by atoms with Crippen LogP contribution in [0.25, 0.3) is 10.8 Å². The van der Waals surface area contributed by atoms with Crippen LogP contribution in [0.4, 0.5) is 0 Å². The molecule has 2 aromatic rings. The third kappa shape index (κ3) is 2.16. The largest absolute Gasteiger partial charge is 0.378 e. The van der Waals surface area contributed by atoms with Gasteiger partial charge in [-0.05, 0) is 16.3 Å². The number of fused-ring (bicyclic) bond motifs is 1. The fourth-order valence-electron chi connectivity index (χ4n) is 1.77. The molecule has 2 aromatic carbocycles. The molecular formula is C13H12N2O2. The minimum absolute atomic E-state index is 0.559. The van der Waals surface area contributed by atoms with Crippen LogP contribution in [0.15, 0.2) is 47.6 Å². The second-order valence-corrected chi connectivity index (χ2v) is 3.61. The molecule has 4 heteroatoms. The predicted octanol–water partition coefficient (Wildman–Crippen LogP) is 1.60. The minimum Gasteiger partial charge on any atom is -0.378 e. The number of nitrogens with zero attached hydrogens (tertiary/aromatic N) is 1. The maximum atomic E-state index is 11.5. The van der Waals surface area contributed by atoms with Crippen LogP contribution < -0.4 is 5.43 Å². The van der Waals surface area contributed by atoms with Gasteiger partial charge in [0.05, 0.1) is 0 Å². The van der Waals surface area contributed by atoms with Gasteiger partial charge in [-0.1, -0.05) is 42.5 Å². The molecule has 2 N–H and O–H groups in total. The van der Waals surface area contributed by atoms with Crippen molar-refractivity contribution in [3.05, 3.63) is 48.0 Å². The number of benzene rings is 2. The van der Waals surface area contributed by atoms with Crippen molar-refractivity contribution >= 4 is 23.4 Å². The van der Waals surface area contributed by atoms with E-state index < -0.39 is 12.0 Å². The highest BCUT2D eigenvalue weighted by Crippen LogP contribution is 2.24. The molecule has 0 fully saturated rings. The average molecular weight is 228 g/mol. The first-order valence-corrected chi connectivity index (χ1v) is 5.15. The van der Waals surface area contributed by atoms with E-state index in [1.165, 1.54) is 0 Å². The van der Waals surface area contributed by atoms with Crippen molar-refractivity contribution in [2.75, 3.05) is 0 Å². The maximum absolute atomic E-state index is 11.5. The van der Waals surface area contributed by atoms with Gasteiger partial charge in [0, 0.05) is 6.72 Å². The minimum atomic E-state index is -1.24. The molecule has 0 aliphatic rings. The van der Waals surface area contributed by atoms with Crippen molar-refractivity contribution in [1.82, 2.24) is 5.43 Å². The molecule has 0 heterocycles. The van der Waals surface area contributed by atoms with Crippen molar-refractivity contribution in [1.29, 1.82) is 0 Å². The Hall–Kier alpha value is -2.20. The van der Waals surface area contributed by atoms with Crippen LogP contribution in [0, 0.1) is 0 Å². The zero-order valence-electron chi connectivity index (χ0n) is 9.13. The third-order valence-electron chi connectivity index (χ3n) is 2.56. The molecule has 0 aliphatic carbocycles. The van der Waals surface area contributed by atoms with Crippen molar-refractivity contribution < 1.29 is 9.90 Å². The number of carbonyl (C=O) groups is 1. The van der Waals surface area contributed by atoms with Gasteiger partial charge in [0.25, 0.3) is 5.91 Å². The second-order valence-electron chi connectivity index (χ2n) is 3.61. The lowest BCUT2D eigenvalue weighted by molar-refractivity contribution is -0.129. The van der Waals surface area contributed by atoms with E-state index in [2.05, 4.69) is 17.2 Å². The fourth-order valence-corrected chi connectivity index (χ4v) is 1.77. The zero-order chi connectivity index (χ0) is 12.3. The van der Waals surface area contributed by atoms with Crippen LogP contribution in [-0.2, 0) is 4.79 Å². The van der Waals surface area contributed by atoms with Crippen molar-refractivity contribution in [3.63, 3.8) is 0 Å². The molecule has 1 atom stereocenters. The van der Waals surface area contributed by atoms with Gasteiger partial charge in [-0.25, -0.2) is 5.43 Å². The SMILES string of the molecule is C=NNC(=O)C(O)c1cccc2ccccc12. The van der Waals surface area contributed by atoms with Gasteiger partial charge in [0.2, 0.25) is 0 Å². The summed E-state index contributed by atoms with van der Waals surface area (Å²) < 4.78 is 0. The number of aliphatic hydroxyl groups is 1. The van der Waals surface area contributed by atoms with E-state index in [0.29, 0.717) is 5.56 Å². The molecule has 0 saturated carbocycles. The lowest BCUT2D eigenvalue weighted by atomic mass is 10.0. The molecule has 0 aromatic heterocycles. The highest BCUT2D eigenvalue weighted by Gasteiger charge is 2.18. The third-order valence-corrected chi connectivity index (χ3v) is 2.56. The van der Waals surface area contributed by atoms with Crippen molar-refractivity contribution in [2.45, 2.75) is 6.10 Å². The molecule has 1 unspecified atom stereocenters. The summed E-state index contributed by atoms with van der Waals surface area (Å²) in [6.07, 6.45) is -1.24. The van der Waals surface area contributed by atoms with Gasteiger partial charge >= 0.3 is 0 Å². The smallest absolute Gasteiger partial charge is 0.273 e. The van der Waals surface area contributed by atoms with Gasteiger partial charge < -0.3 is 5.11 Å². The second kappa shape index (κ2) is 4.76. The first-order valence-electron chi connectivity index (χ1n) is 5.15. The highest BCUT2D eigenvalue weighted by molar-refractivity contribution is 5.91. The van der Waals surface area contributed by atoms with Crippen LogP contribution in [0.5, 0.6) is 0 Å². The van der Waals surface area contributed by atoms with E-state index in [4.69, 9.17) is 0 Å². The van der Waals surface area contributed by atoms with Crippen LogP contribution in [-0.4, -0.2) is 17.7 Å². The monoisotopic (exact) mass is 228 g/mol. The van der Waals surface area contributed by atoms with E-state index >= 15 is 0 Å². The number of amides is 1. The summed E-state index contributed by atoms with van der Waals surface area (Å²) in [6, 6.07) is 13.0. The van der Waals surface area contributed by atoms with Crippen LogP contribution in [0.3, 0.4) is 0 Å². The molecule has 1 amide bonds. The number of hydrazone groups is 1. The quantitative estimate of drug-likeness (QED) is 0.619. The predicted molar refractivity (Wildman–Crippen MR) is 66.6 cm³/mol. The highest BCUT2D eigenvalue weighted by atomic mass is 16.3. The van der Waals surface area contributed by atoms with Crippen LogP contribution in [0.1, 0.15) is 11.7 Å². The van der Waals surface area contributed by atoms with E-state index in [1.54, 1.807) is 12.1 Å². The molecule has 17 heavy (non-hydrogen) atoms. The zero-order valence-corrected chi connectivity index (χ0v) is 9.13. The summed E-state index contributed by atoms with van der Waals surface area (Å²) in [5.41, 5.74) is 2.69. The topological polar surface area (TPSA) is 61.7 Å². The Labute approximate surface area is 98.6 Å². The summed E-state index contributed by atoms with van der Waals surface area (Å²) >= 11 is 0. The lowest BCUT2D eigenvalue weighted by Crippen LogP contribution is -2.24. The van der Waals surface area contributed by atoms with E-state index in [9.17, 15) is 9.90 Å². The number of carbonyl (C=O) groups excluding carboxylic acids is 1. The molecule has 86 valence electrons. The number of rotatable bonds is 3. The van der Waals surface area contributed by atoms with Gasteiger partial charge in [0.15, 0.2) is 6.10 Å². The molecular weight excluding hydrogens is 216 g/mol. The fraction of sp³-hybridized carbons (Fsp3) is 0.0769. The van der Waals surface area contributed by atoms with Crippen molar-refractivity contribution in [2.24, 2.45) is 5.10 Å². The summed E-state index contributed by atoms with van der Waals surface area (Å²) in [5.74, 6) is -0.587. The standard InChI is InChI=1S/C13H12N2O2/c1-14-15-13(17)12(16)11-8-4-6-9-5-2-3-7-10(9)11/h2-8,12,16H,1H2,(H,15,17). The number of hydrogen-bond donors (Lipinski definition) is 2. The Kier molecular flexibility index (Phi) is 3.16. The van der Waals surface area contributed by atoms with Gasteiger partial charge in [-0.2, -0.15) is 5.10 Å². The molecule has 0 spiro atoms. The summed E-state index contributed by atoms with van der Waals surface area (Å²) in [4.78, 5) is 11.5. The molecule has 0 radical (unpaired) electrons.